The summed E-state index contributed by atoms with van der Waals surface area (Å²) in [5.41, 5.74) is 4.21. The molecule has 0 saturated heterocycles. The van der Waals surface area contributed by atoms with Gasteiger partial charge in [-0.2, -0.15) is 0 Å². The molecular formula is C15H21. The number of aryl methyl sites for hydroxylation is 2. The van der Waals surface area contributed by atoms with Crippen LogP contribution in [0, 0.1) is 5.92 Å². The molecule has 0 spiro atoms. The van der Waals surface area contributed by atoms with Crippen molar-refractivity contribution in [2.24, 2.45) is 0 Å². The fraction of sp³-hybridized carbons (Fsp3) is 0.400. The number of benzene rings is 1. The minimum absolute atomic E-state index is 1.11. The third kappa shape index (κ3) is 3.23. The number of hydrogen-bond donors (Lipinski definition) is 0. The second-order valence-corrected chi connectivity index (χ2v) is 4.03. The normalized spacial score (nSPS) is 10.7. The molecule has 0 aromatic heterocycles. The van der Waals surface area contributed by atoms with E-state index < -0.39 is 0 Å². The van der Waals surface area contributed by atoms with Crippen LogP contribution in [0.4, 0.5) is 0 Å². The van der Waals surface area contributed by atoms with Crippen LogP contribution in [-0.2, 0) is 12.8 Å². The van der Waals surface area contributed by atoms with Gasteiger partial charge in [0.2, 0.25) is 0 Å². The molecule has 0 N–H and O–H groups in total. The molecule has 0 fully saturated rings. The van der Waals surface area contributed by atoms with Gasteiger partial charge in [0.25, 0.3) is 0 Å². The first kappa shape index (κ1) is 12.0. The molecule has 0 saturated carbocycles. The lowest BCUT2D eigenvalue weighted by atomic mass is 9.94. The molecule has 1 radical (unpaired) electrons. The van der Waals surface area contributed by atoms with Crippen molar-refractivity contribution in [2.45, 2.75) is 40.0 Å². The highest BCUT2D eigenvalue weighted by molar-refractivity contribution is 5.41. The second kappa shape index (κ2) is 5.75. The van der Waals surface area contributed by atoms with E-state index in [1.165, 1.54) is 35.4 Å². The molecule has 1 aromatic rings. The third-order valence-corrected chi connectivity index (χ3v) is 2.76. The largest absolute Gasteiger partial charge is 0.102 e. The van der Waals surface area contributed by atoms with Crippen LogP contribution >= 0.6 is 0 Å². The van der Waals surface area contributed by atoms with Gasteiger partial charge in [0.05, 0.1) is 0 Å². The maximum atomic E-state index is 3.83. The lowest BCUT2D eigenvalue weighted by Crippen LogP contribution is -1.95. The average molecular weight is 201 g/mol. The quantitative estimate of drug-likeness (QED) is 0.665. The highest BCUT2D eigenvalue weighted by Gasteiger charge is 2.04. The SMILES string of the molecule is C=C[C](C)c1cc(CC)cc(CCC)c1. The van der Waals surface area contributed by atoms with E-state index >= 15 is 0 Å². The molecule has 1 aromatic carbocycles. The van der Waals surface area contributed by atoms with Crippen molar-refractivity contribution in [1.82, 2.24) is 0 Å². The summed E-state index contributed by atoms with van der Waals surface area (Å²) >= 11 is 0. The first-order chi connectivity index (χ1) is 7.21. The van der Waals surface area contributed by atoms with Crippen molar-refractivity contribution in [1.29, 1.82) is 0 Å². The Labute approximate surface area is 94.0 Å². The lowest BCUT2D eigenvalue weighted by molar-refractivity contribution is 0.914. The summed E-state index contributed by atoms with van der Waals surface area (Å²) in [5, 5.41) is 0. The van der Waals surface area contributed by atoms with Gasteiger partial charge in [-0.15, -0.1) is 6.58 Å². The van der Waals surface area contributed by atoms with Crippen molar-refractivity contribution in [2.75, 3.05) is 0 Å². The maximum absolute atomic E-state index is 3.83. The molecule has 0 amide bonds. The molecule has 0 unspecified atom stereocenters. The van der Waals surface area contributed by atoms with Gasteiger partial charge in [-0.05, 0) is 29.5 Å². The molecule has 81 valence electrons. The van der Waals surface area contributed by atoms with Crippen LogP contribution in [0.25, 0.3) is 0 Å². The fourth-order valence-corrected chi connectivity index (χ4v) is 1.75. The molecule has 0 aliphatic heterocycles. The Morgan fingerprint density at radius 2 is 1.87 bits per heavy atom. The highest BCUT2D eigenvalue weighted by Crippen LogP contribution is 2.20. The summed E-state index contributed by atoms with van der Waals surface area (Å²) in [6.07, 6.45) is 5.42. The minimum Gasteiger partial charge on any atom is -0.102 e. The second-order valence-electron chi connectivity index (χ2n) is 4.03. The van der Waals surface area contributed by atoms with Crippen molar-refractivity contribution >= 4 is 0 Å². The van der Waals surface area contributed by atoms with E-state index in [9.17, 15) is 0 Å². The summed E-state index contributed by atoms with van der Waals surface area (Å²) in [6.45, 7) is 10.4. The van der Waals surface area contributed by atoms with E-state index in [0.717, 1.165) is 6.42 Å². The zero-order valence-corrected chi connectivity index (χ0v) is 10.1. The van der Waals surface area contributed by atoms with Crippen LogP contribution < -0.4 is 0 Å². The molecule has 0 heteroatoms. The number of rotatable bonds is 5. The van der Waals surface area contributed by atoms with E-state index in [0.29, 0.717) is 0 Å². The molecular weight excluding hydrogens is 180 g/mol. The Morgan fingerprint density at radius 3 is 2.40 bits per heavy atom. The van der Waals surface area contributed by atoms with Crippen LogP contribution in [0.3, 0.4) is 0 Å². The molecule has 0 aliphatic rings. The van der Waals surface area contributed by atoms with Gasteiger partial charge in [0.1, 0.15) is 0 Å². The van der Waals surface area contributed by atoms with Gasteiger partial charge in [0, 0.05) is 5.92 Å². The summed E-state index contributed by atoms with van der Waals surface area (Å²) in [7, 11) is 0. The minimum atomic E-state index is 1.11. The van der Waals surface area contributed by atoms with Crippen molar-refractivity contribution < 1.29 is 0 Å². The van der Waals surface area contributed by atoms with Crippen LogP contribution in [0.2, 0.25) is 0 Å². The molecule has 0 heterocycles. The van der Waals surface area contributed by atoms with Gasteiger partial charge in [-0.3, -0.25) is 0 Å². The predicted octanol–water partition coefficient (Wildman–Crippen LogP) is 4.33. The number of hydrogen-bond acceptors (Lipinski definition) is 0. The average Bonchev–Trinajstić information content (AvgIpc) is 2.28. The smallest absolute Gasteiger partial charge is 0.0230 e. The van der Waals surface area contributed by atoms with Gasteiger partial charge in [0.15, 0.2) is 0 Å². The van der Waals surface area contributed by atoms with E-state index in [-0.39, 0.29) is 0 Å². The monoisotopic (exact) mass is 201 g/mol. The molecule has 0 nitrogen and oxygen atoms in total. The highest BCUT2D eigenvalue weighted by atomic mass is 14.1. The van der Waals surface area contributed by atoms with E-state index in [1.807, 2.05) is 6.08 Å². The topological polar surface area (TPSA) is 0 Å². The van der Waals surface area contributed by atoms with E-state index in [4.69, 9.17) is 0 Å². The van der Waals surface area contributed by atoms with Gasteiger partial charge < -0.3 is 0 Å². The van der Waals surface area contributed by atoms with Gasteiger partial charge in [-0.25, -0.2) is 0 Å². The predicted molar refractivity (Wildman–Crippen MR) is 68.0 cm³/mol. The van der Waals surface area contributed by atoms with E-state index in [2.05, 4.69) is 45.5 Å². The van der Waals surface area contributed by atoms with Crippen LogP contribution in [0.1, 0.15) is 43.9 Å². The zero-order valence-electron chi connectivity index (χ0n) is 10.1. The molecule has 0 bridgehead atoms. The van der Waals surface area contributed by atoms with Crippen LogP contribution in [0.15, 0.2) is 30.9 Å². The Morgan fingerprint density at radius 1 is 1.20 bits per heavy atom. The molecule has 0 aliphatic carbocycles. The Kier molecular flexibility index (Phi) is 4.61. The first-order valence-corrected chi connectivity index (χ1v) is 5.80. The van der Waals surface area contributed by atoms with E-state index in [1.54, 1.807) is 0 Å². The Balaban J connectivity index is 3.04. The molecule has 1 rings (SSSR count). The molecule has 15 heavy (non-hydrogen) atoms. The van der Waals surface area contributed by atoms with Crippen LogP contribution in [-0.4, -0.2) is 0 Å². The Bertz CT molecular complexity index is 323. The lowest BCUT2D eigenvalue weighted by Gasteiger charge is -2.11. The van der Waals surface area contributed by atoms with Gasteiger partial charge in [-0.1, -0.05) is 51.5 Å². The van der Waals surface area contributed by atoms with Gasteiger partial charge >= 0.3 is 0 Å². The van der Waals surface area contributed by atoms with Crippen LogP contribution in [0.5, 0.6) is 0 Å². The summed E-state index contributed by atoms with van der Waals surface area (Å²) < 4.78 is 0. The first-order valence-electron chi connectivity index (χ1n) is 5.80. The van der Waals surface area contributed by atoms with Crippen molar-refractivity contribution in [3.63, 3.8) is 0 Å². The summed E-state index contributed by atoms with van der Waals surface area (Å²) in [4.78, 5) is 0. The standard InChI is InChI=1S/C15H21/c1-5-8-14-9-13(7-3)10-15(11-14)12(4)6-2/h6,9-11H,2,5,7-8H2,1,3-4H3. The maximum Gasteiger partial charge on any atom is 0.0230 e. The third-order valence-electron chi connectivity index (χ3n) is 2.76. The fourth-order valence-electron chi connectivity index (χ4n) is 1.75. The number of allylic oxidation sites excluding steroid dienone is 1. The summed E-state index contributed by atoms with van der Waals surface area (Å²) in [6, 6.07) is 6.89. The summed E-state index contributed by atoms with van der Waals surface area (Å²) in [5.74, 6) is 1.27. The van der Waals surface area contributed by atoms with Crippen molar-refractivity contribution in [3.8, 4) is 0 Å². The van der Waals surface area contributed by atoms with Crippen molar-refractivity contribution in [3.05, 3.63) is 53.5 Å². The zero-order chi connectivity index (χ0) is 11.3. The Hall–Kier alpha value is -1.04. The molecule has 0 atom stereocenters.